The van der Waals surface area contributed by atoms with Crippen LogP contribution in [-0.4, -0.2) is 29.9 Å². The second-order valence-electron chi connectivity index (χ2n) is 7.66. The predicted octanol–water partition coefficient (Wildman–Crippen LogP) is 4.07. The van der Waals surface area contributed by atoms with E-state index in [0.717, 1.165) is 12.8 Å². The van der Waals surface area contributed by atoms with Gasteiger partial charge < -0.3 is 14.8 Å². The Kier molecular flexibility index (Phi) is 12.4. The van der Waals surface area contributed by atoms with Crippen LogP contribution in [0.1, 0.15) is 103 Å². The molecule has 0 aromatic heterocycles. The van der Waals surface area contributed by atoms with Gasteiger partial charge in [-0.3, -0.25) is 4.79 Å². The highest BCUT2D eigenvalue weighted by Crippen LogP contribution is 2.18. The van der Waals surface area contributed by atoms with E-state index in [1.807, 2.05) is 0 Å². The Hall–Kier alpha value is -1.06. The van der Waals surface area contributed by atoms with E-state index in [1.165, 1.54) is 77.0 Å². The number of amides is 1. The van der Waals surface area contributed by atoms with Gasteiger partial charge in [0.15, 0.2) is 0 Å². The molecule has 0 aliphatic carbocycles. The fourth-order valence-electron chi connectivity index (χ4n) is 3.64. The van der Waals surface area contributed by atoms with Crippen LogP contribution in [0.25, 0.3) is 0 Å². The molecule has 0 N–H and O–H groups in total. The number of aliphatic carboxylic acids is 1. The third-order valence-corrected chi connectivity index (χ3v) is 5.33. The quantitative estimate of drug-likeness (QED) is 0.393. The molecule has 1 unspecified atom stereocenters. The van der Waals surface area contributed by atoms with Gasteiger partial charge in [0, 0.05) is 31.4 Å². The maximum atomic E-state index is 11.7. The molecule has 1 rings (SSSR count). The fraction of sp³-hybridized carbons (Fsp3) is 0.905. The standard InChI is InChI=1S/C21H39NO3/c1-2-3-4-5-6-7-8-9-10-11-12-13-14-15-16-22-18-19(21(24)25)17-20(22)23/h19H,2-18H2,1H3,(H,24,25)/p-1. The summed E-state index contributed by atoms with van der Waals surface area (Å²) in [5, 5.41) is 10.8. The highest BCUT2D eigenvalue weighted by Gasteiger charge is 2.29. The van der Waals surface area contributed by atoms with Gasteiger partial charge in [-0.25, -0.2) is 0 Å². The smallest absolute Gasteiger partial charge is 0.223 e. The number of hydrogen-bond donors (Lipinski definition) is 0. The van der Waals surface area contributed by atoms with Crippen LogP contribution >= 0.6 is 0 Å². The molecule has 4 nitrogen and oxygen atoms in total. The monoisotopic (exact) mass is 352 g/mol. The number of likely N-dealkylation sites (tertiary alicyclic amines) is 1. The van der Waals surface area contributed by atoms with Crippen LogP contribution in [0.5, 0.6) is 0 Å². The minimum atomic E-state index is -1.09. The first kappa shape index (κ1) is 22.0. The molecular formula is C21H38NO3-. The third-order valence-electron chi connectivity index (χ3n) is 5.33. The van der Waals surface area contributed by atoms with Crippen molar-refractivity contribution in [1.29, 1.82) is 0 Å². The number of carboxylic acids is 1. The van der Waals surface area contributed by atoms with E-state index in [2.05, 4.69) is 6.92 Å². The van der Waals surface area contributed by atoms with Crippen molar-refractivity contribution in [3.63, 3.8) is 0 Å². The van der Waals surface area contributed by atoms with Crippen LogP contribution in [0, 0.1) is 5.92 Å². The lowest BCUT2D eigenvalue weighted by Crippen LogP contribution is -2.33. The summed E-state index contributed by atoms with van der Waals surface area (Å²) in [6.07, 6.45) is 18.6. The molecule has 0 aromatic rings. The molecule has 4 heteroatoms. The molecule has 1 heterocycles. The Bertz CT molecular complexity index is 370. The molecule has 1 fully saturated rings. The summed E-state index contributed by atoms with van der Waals surface area (Å²) < 4.78 is 0. The zero-order valence-electron chi connectivity index (χ0n) is 16.3. The van der Waals surface area contributed by atoms with E-state index in [4.69, 9.17) is 0 Å². The fourth-order valence-corrected chi connectivity index (χ4v) is 3.64. The largest absolute Gasteiger partial charge is 0.550 e. The molecule has 146 valence electrons. The van der Waals surface area contributed by atoms with Crippen LogP contribution in [0.4, 0.5) is 0 Å². The molecule has 1 atom stereocenters. The Labute approximate surface area is 154 Å². The van der Waals surface area contributed by atoms with E-state index in [1.54, 1.807) is 4.90 Å². The number of unbranched alkanes of at least 4 members (excludes halogenated alkanes) is 13. The Morgan fingerprint density at radius 3 is 1.72 bits per heavy atom. The molecule has 1 saturated heterocycles. The minimum Gasteiger partial charge on any atom is -0.550 e. The van der Waals surface area contributed by atoms with E-state index in [9.17, 15) is 14.7 Å². The average Bonchev–Trinajstić information content (AvgIpc) is 2.96. The van der Waals surface area contributed by atoms with Crippen molar-refractivity contribution in [2.24, 2.45) is 5.92 Å². The summed E-state index contributed by atoms with van der Waals surface area (Å²) in [7, 11) is 0. The summed E-state index contributed by atoms with van der Waals surface area (Å²) in [6, 6.07) is 0. The van der Waals surface area contributed by atoms with Gasteiger partial charge in [-0.15, -0.1) is 0 Å². The maximum Gasteiger partial charge on any atom is 0.223 e. The first-order valence-electron chi connectivity index (χ1n) is 10.6. The first-order valence-corrected chi connectivity index (χ1v) is 10.6. The van der Waals surface area contributed by atoms with Crippen LogP contribution in [-0.2, 0) is 9.59 Å². The molecule has 1 aliphatic rings. The van der Waals surface area contributed by atoms with Crippen molar-refractivity contribution in [3.8, 4) is 0 Å². The van der Waals surface area contributed by atoms with Crippen LogP contribution in [0.15, 0.2) is 0 Å². The molecular weight excluding hydrogens is 314 g/mol. The third kappa shape index (κ3) is 10.5. The van der Waals surface area contributed by atoms with Crippen LogP contribution in [0.3, 0.4) is 0 Å². The molecule has 1 amide bonds. The van der Waals surface area contributed by atoms with Gasteiger partial charge >= 0.3 is 0 Å². The Morgan fingerprint density at radius 1 is 0.880 bits per heavy atom. The van der Waals surface area contributed by atoms with Gasteiger partial charge in [-0.2, -0.15) is 0 Å². The van der Waals surface area contributed by atoms with E-state index in [0.29, 0.717) is 13.1 Å². The average molecular weight is 353 g/mol. The number of hydrogen-bond acceptors (Lipinski definition) is 3. The van der Waals surface area contributed by atoms with Gasteiger partial charge in [0.05, 0.1) is 0 Å². The summed E-state index contributed by atoms with van der Waals surface area (Å²) in [6.45, 7) is 3.32. The second kappa shape index (κ2) is 14.1. The number of rotatable bonds is 16. The van der Waals surface area contributed by atoms with E-state index >= 15 is 0 Å². The minimum absolute atomic E-state index is 0.0242. The van der Waals surface area contributed by atoms with Crippen molar-refractivity contribution < 1.29 is 14.7 Å². The molecule has 0 spiro atoms. The van der Waals surface area contributed by atoms with E-state index < -0.39 is 11.9 Å². The Morgan fingerprint density at radius 2 is 1.32 bits per heavy atom. The van der Waals surface area contributed by atoms with Gasteiger partial charge in [-0.05, 0) is 6.42 Å². The van der Waals surface area contributed by atoms with Crippen molar-refractivity contribution >= 4 is 11.9 Å². The Balaban J connectivity index is 1.82. The highest BCUT2D eigenvalue weighted by atomic mass is 16.4. The summed E-state index contributed by atoms with van der Waals surface area (Å²) in [5.74, 6) is -1.71. The first-order chi connectivity index (χ1) is 12.1. The van der Waals surface area contributed by atoms with Gasteiger partial charge in [0.1, 0.15) is 0 Å². The lowest BCUT2D eigenvalue weighted by Gasteiger charge is -2.16. The number of carbonyl (C=O) groups is 2. The normalized spacial score (nSPS) is 17.4. The molecule has 0 aromatic carbocycles. The van der Waals surface area contributed by atoms with Gasteiger partial charge in [0.2, 0.25) is 5.91 Å². The molecule has 0 bridgehead atoms. The van der Waals surface area contributed by atoms with Crippen molar-refractivity contribution in [3.05, 3.63) is 0 Å². The molecule has 0 radical (unpaired) electrons. The predicted molar refractivity (Wildman–Crippen MR) is 100 cm³/mol. The lowest BCUT2D eigenvalue weighted by molar-refractivity contribution is -0.311. The zero-order valence-corrected chi connectivity index (χ0v) is 16.3. The van der Waals surface area contributed by atoms with Crippen molar-refractivity contribution in [1.82, 2.24) is 4.90 Å². The molecule has 25 heavy (non-hydrogen) atoms. The molecule has 0 saturated carbocycles. The van der Waals surface area contributed by atoms with Crippen molar-refractivity contribution in [2.45, 2.75) is 103 Å². The van der Waals surface area contributed by atoms with Crippen LogP contribution < -0.4 is 5.11 Å². The zero-order chi connectivity index (χ0) is 18.3. The van der Waals surface area contributed by atoms with Gasteiger partial charge in [0.25, 0.3) is 0 Å². The number of carbonyl (C=O) groups excluding carboxylic acids is 2. The summed E-state index contributed by atoms with van der Waals surface area (Å²) in [5.41, 5.74) is 0. The van der Waals surface area contributed by atoms with E-state index in [-0.39, 0.29) is 12.3 Å². The van der Waals surface area contributed by atoms with Gasteiger partial charge in [-0.1, -0.05) is 90.4 Å². The lowest BCUT2D eigenvalue weighted by atomic mass is 10.0. The second-order valence-corrected chi connectivity index (χ2v) is 7.66. The topological polar surface area (TPSA) is 60.4 Å². The highest BCUT2D eigenvalue weighted by molar-refractivity contribution is 5.85. The maximum absolute atomic E-state index is 11.7. The number of carboxylic acid groups (broad SMARTS) is 1. The molecule has 1 aliphatic heterocycles. The number of nitrogens with zero attached hydrogens (tertiary/aromatic N) is 1. The van der Waals surface area contributed by atoms with Crippen molar-refractivity contribution in [2.75, 3.05) is 13.1 Å². The SMILES string of the molecule is CCCCCCCCCCCCCCCCN1CC(C(=O)[O-])CC1=O. The van der Waals surface area contributed by atoms with Crippen LogP contribution in [0.2, 0.25) is 0 Å². The summed E-state index contributed by atoms with van der Waals surface area (Å²) in [4.78, 5) is 24.2. The summed E-state index contributed by atoms with van der Waals surface area (Å²) >= 11 is 0.